The van der Waals surface area contributed by atoms with Gasteiger partial charge in [0.15, 0.2) is 0 Å². The highest BCUT2D eigenvalue weighted by molar-refractivity contribution is 5.86. The lowest BCUT2D eigenvalue weighted by Gasteiger charge is -2.43. The summed E-state index contributed by atoms with van der Waals surface area (Å²) in [5, 5.41) is 2.89. The number of fused-ring (bicyclic) bond motifs is 1. The van der Waals surface area contributed by atoms with Crippen LogP contribution in [0, 0.1) is 5.41 Å². The van der Waals surface area contributed by atoms with Crippen LogP contribution in [0.15, 0.2) is 30.9 Å². The predicted molar refractivity (Wildman–Crippen MR) is 103 cm³/mol. The summed E-state index contributed by atoms with van der Waals surface area (Å²) in [5.41, 5.74) is 0.592. The number of rotatable bonds is 4. The molecule has 0 bridgehead atoms. The van der Waals surface area contributed by atoms with Crippen LogP contribution in [0.25, 0.3) is 0 Å². The smallest absolute Gasteiger partial charge is 0.229 e. The third kappa shape index (κ3) is 2.98. The third-order valence-electron chi connectivity index (χ3n) is 5.77. The highest BCUT2D eigenvalue weighted by Gasteiger charge is 2.56. The molecule has 0 saturated carbocycles. The SMILES string of the molecule is CCc1cnc(N2C[C@@H]3N(c4ncccn4)CCC[C@]3(C(=O)NC)C2)nc1. The van der Waals surface area contributed by atoms with Gasteiger partial charge < -0.3 is 15.1 Å². The van der Waals surface area contributed by atoms with Crippen molar-refractivity contribution in [1.29, 1.82) is 0 Å². The van der Waals surface area contributed by atoms with Gasteiger partial charge in [-0.15, -0.1) is 0 Å². The first kappa shape index (κ1) is 17.6. The van der Waals surface area contributed by atoms with Crippen molar-refractivity contribution in [3.05, 3.63) is 36.4 Å². The van der Waals surface area contributed by atoms with E-state index in [1.165, 1.54) is 0 Å². The molecule has 142 valence electrons. The monoisotopic (exact) mass is 367 g/mol. The molecular weight excluding hydrogens is 342 g/mol. The van der Waals surface area contributed by atoms with Crippen LogP contribution in [-0.4, -0.2) is 58.6 Å². The van der Waals surface area contributed by atoms with Crippen molar-refractivity contribution in [2.24, 2.45) is 5.41 Å². The molecule has 4 heterocycles. The molecule has 2 fully saturated rings. The lowest BCUT2D eigenvalue weighted by atomic mass is 9.74. The van der Waals surface area contributed by atoms with Crippen LogP contribution in [0.4, 0.5) is 11.9 Å². The molecule has 2 aliphatic rings. The molecule has 8 heteroatoms. The van der Waals surface area contributed by atoms with Crippen LogP contribution in [-0.2, 0) is 11.2 Å². The van der Waals surface area contributed by atoms with Crippen LogP contribution in [0.2, 0.25) is 0 Å². The highest BCUT2D eigenvalue weighted by atomic mass is 16.2. The number of nitrogens with zero attached hydrogens (tertiary/aromatic N) is 6. The van der Waals surface area contributed by atoms with E-state index in [0.29, 0.717) is 25.0 Å². The van der Waals surface area contributed by atoms with Crippen molar-refractivity contribution in [2.45, 2.75) is 32.2 Å². The summed E-state index contributed by atoms with van der Waals surface area (Å²) in [6.45, 7) is 4.21. The summed E-state index contributed by atoms with van der Waals surface area (Å²) >= 11 is 0. The van der Waals surface area contributed by atoms with Crippen LogP contribution < -0.4 is 15.1 Å². The van der Waals surface area contributed by atoms with Gasteiger partial charge in [0.2, 0.25) is 17.8 Å². The van der Waals surface area contributed by atoms with Gasteiger partial charge in [-0.25, -0.2) is 19.9 Å². The second-order valence-electron chi connectivity index (χ2n) is 7.22. The molecule has 0 aromatic carbocycles. The number of anilines is 2. The molecule has 4 rings (SSSR count). The predicted octanol–water partition coefficient (Wildman–Crippen LogP) is 1.05. The summed E-state index contributed by atoms with van der Waals surface area (Å²) in [6.07, 6.45) is 9.90. The number of carbonyl (C=O) groups excluding carboxylic acids is 1. The van der Waals surface area contributed by atoms with Crippen LogP contribution >= 0.6 is 0 Å². The minimum absolute atomic E-state index is 0.0111. The molecule has 2 aromatic rings. The number of aryl methyl sites for hydroxylation is 1. The average molecular weight is 367 g/mol. The lowest BCUT2D eigenvalue weighted by Crippen LogP contribution is -2.58. The Kier molecular flexibility index (Phi) is 4.63. The maximum atomic E-state index is 13.0. The number of hydrogen-bond acceptors (Lipinski definition) is 7. The summed E-state index contributed by atoms with van der Waals surface area (Å²) in [4.78, 5) is 35.2. The highest BCUT2D eigenvalue weighted by Crippen LogP contribution is 2.43. The zero-order valence-corrected chi connectivity index (χ0v) is 15.8. The number of amides is 1. The molecule has 2 aromatic heterocycles. The maximum absolute atomic E-state index is 13.0. The Hall–Kier alpha value is -2.77. The maximum Gasteiger partial charge on any atom is 0.229 e. The lowest BCUT2D eigenvalue weighted by molar-refractivity contribution is -0.131. The number of piperidine rings is 1. The standard InChI is InChI=1S/C19H25N7O/c1-3-14-10-23-17(24-11-14)25-12-15-19(13-25,16(27)20-2)6-4-9-26(15)18-21-7-5-8-22-18/h5,7-8,10-11,15H,3-4,6,9,12-13H2,1-2H3,(H,20,27)/t15-,19-/m0/s1. The number of carbonyl (C=O) groups is 1. The summed E-state index contributed by atoms with van der Waals surface area (Å²) in [7, 11) is 1.71. The van der Waals surface area contributed by atoms with E-state index in [0.717, 1.165) is 31.4 Å². The first-order valence-electron chi connectivity index (χ1n) is 9.49. The van der Waals surface area contributed by atoms with Crippen LogP contribution in [0.5, 0.6) is 0 Å². The van der Waals surface area contributed by atoms with Crippen molar-refractivity contribution >= 4 is 17.8 Å². The third-order valence-corrected chi connectivity index (χ3v) is 5.77. The molecule has 0 spiro atoms. The van der Waals surface area contributed by atoms with E-state index < -0.39 is 5.41 Å². The zero-order valence-electron chi connectivity index (χ0n) is 15.8. The van der Waals surface area contributed by atoms with Crippen LogP contribution in [0.3, 0.4) is 0 Å². The van der Waals surface area contributed by atoms with Gasteiger partial charge in [-0.05, 0) is 30.9 Å². The average Bonchev–Trinajstić information content (AvgIpc) is 3.15. The van der Waals surface area contributed by atoms with Crippen molar-refractivity contribution in [2.75, 3.05) is 36.5 Å². The Bertz CT molecular complexity index is 797. The zero-order chi connectivity index (χ0) is 18.9. The summed E-state index contributed by atoms with van der Waals surface area (Å²) in [6, 6.07) is 1.80. The summed E-state index contributed by atoms with van der Waals surface area (Å²) < 4.78 is 0. The molecule has 0 unspecified atom stereocenters. The largest absolute Gasteiger partial charge is 0.359 e. The molecule has 1 amide bonds. The quantitative estimate of drug-likeness (QED) is 0.864. The van der Waals surface area contributed by atoms with E-state index in [1.807, 2.05) is 18.5 Å². The van der Waals surface area contributed by atoms with E-state index in [9.17, 15) is 4.79 Å². The van der Waals surface area contributed by atoms with Crippen molar-refractivity contribution in [1.82, 2.24) is 25.3 Å². The minimum atomic E-state index is -0.515. The van der Waals surface area contributed by atoms with E-state index in [4.69, 9.17) is 0 Å². The van der Waals surface area contributed by atoms with Gasteiger partial charge in [-0.1, -0.05) is 6.92 Å². The van der Waals surface area contributed by atoms with E-state index in [1.54, 1.807) is 19.4 Å². The van der Waals surface area contributed by atoms with Gasteiger partial charge in [-0.3, -0.25) is 4.79 Å². The van der Waals surface area contributed by atoms with E-state index in [2.05, 4.69) is 42.0 Å². The fraction of sp³-hybridized carbons (Fsp3) is 0.526. The minimum Gasteiger partial charge on any atom is -0.359 e. The molecule has 2 atom stereocenters. The molecule has 8 nitrogen and oxygen atoms in total. The topological polar surface area (TPSA) is 87.1 Å². The Labute approximate surface area is 159 Å². The molecule has 27 heavy (non-hydrogen) atoms. The number of nitrogens with one attached hydrogen (secondary N) is 1. The van der Waals surface area contributed by atoms with Crippen molar-refractivity contribution < 1.29 is 4.79 Å². The summed E-state index contributed by atoms with van der Waals surface area (Å²) in [5.74, 6) is 1.43. The van der Waals surface area contributed by atoms with Gasteiger partial charge in [-0.2, -0.15) is 0 Å². The van der Waals surface area contributed by atoms with Crippen molar-refractivity contribution in [3.8, 4) is 0 Å². The van der Waals surface area contributed by atoms with Gasteiger partial charge in [0.05, 0.1) is 11.5 Å². The Morgan fingerprint density at radius 1 is 1.22 bits per heavy atom. The van der Waals surface area contributed by atoms with E-state index in [-0.39, 0.29) is 11.9 Å². The molecule has 0 radical (unpaired) electrons. The van der Waals surface area contributed by atoms with Gasteiger partial charge in [0.1, 0.15) is 0 Å². The number of hydrogen-bond donors (Lipinski definition) is 1. The first-order valence-corrected chi connectivity index (χ1v) is 9.49. The molecule has 2 aliphatic heterocycles. The number of aromatic nitrogens is 4. The van der Waals surface area contributed by atoms with Crippen LogP contribution in [0.1, 0.15) is 25.3 Å². The van der Waals surface area contributed by atoms with Gasteiger partial charge >= 0.3 is 0 Å². The fourth-order valence-electron chi connectivity index (χ4n) is 4.37. The Balaban J connectivity index is 1.69. The van der Waals surface area contributed by atoms with Gasteiger partial charge in [0.25, 0.3) is 0 Å². The molecular formula is C19H25N7O. The molecule has 0 aliphatic carbocycles. The van der Waals surface area contributed by atoms with E-state index >= 15 is 0 Å². The van der Waals surface area contributed by atoms with Gasteiger partial charge in [0, 0.05) is 51.5 Å². The normalized spacial score (nSPS) is 24.6. The van der Waals surface area contributed by atoms with Crippen molar-refractivity contribution in [3.63, 3.8) is 0 Å². The Morgan fingerprint density at radius 2 is 1.96 bits per heavy atom. The molecule has 2 saturated heterocycles. The second kappa shape index (κ2) is 7.09. The second-order valence-corrected chi connectivity index (χ2v) is 7.22. The first-order chi connectivity index (χ1) is 13.2. The molecule has 1 N–H and O–H groups in total. The fourth-order valence-corrected chi connectivity index (χ4v) is 4.37. The Morgan fingerprint density at radius 3 is 2.63 bits per heavy atom.